The number of nitrogens with zero attached hydrogens (tertiary/aromatic N) is 6. The van der Waals surface area contributed by atoms with Gasteiger partial charge in [0.2, 0.25) is 5.89 Å². The van der Waals surface area contributed by atoms with E-state index in [0.717, 1.165) is 31.4 Å². The van der Waals surface area contributed by atoms with Crippen molar-refractivity contribution in [1.82, 2.24) is 40.5 Å². The molecule has 1 aliphatic carbocycles. The van der Waals surface area contributed by atoms with Gasteiger partial charge in [0.25, 0.3) is 5.91 Å². The summed E-state index contributed by atoms with van der Waals surface area (Å²) in [5.74, 6) is -0.0627. The molecule has 3 N–H and O–H groups in total. The lowest BCUT2D eigenvalue weighted by Crippen LogP contribution is -2.44. The van der Waals surface area contributed by atoms with Crippen molar-refractivity contribution >= 4 is 5.91 Å². The molecule has 0 radical (unpaired) electrons. The number of H-pyrrole nitrogens is 1. The molecule has 3 aromatic heterocycles. The lowest BCUT2D eigenvalue weighted by Gasteiger charge is -2.39. The number of hydrogen-bond acceptors (Lipinski definition) is 9. The molecule has 1 aliphatic heterocycles. The van der Waals surface area contributed by atoms with Crippen LogP contribution in [0.3, 0.4) is 0 Å². The van der Waals surface area contributed by atoms with Crippen LogP contribution in [0.15, 0.2) is 53.6 Å². The zero-order valence-electron chi connectivity index (χ0n) is 17.5. The number of aliphatic hydroxyl groups excluding tert-OH is 1. The first kappa shape index (κ1) is 20.3. The van der Waals surface area contributed by atoms with Crippen molar-refractivity contribution < 1.29 is 14.3 Å². The van der Waals surface area contributed by atoms with Crippen LogP contribution in [0.25, 0.3) is 11.5 Å². The van der Waals surface area contributed by atoms with E-state index < -0.39 is 0 Å². The summed E-state index contributed by atoms with van der Waals surface area (Å²) in [7, 11) is 1.97. The van der Waals surface area contributed by atoms with Gasteiger partial charge in [-0.3, -0.25) is 19.9 Å². The minimum absolute atomic E-state index is 0.168. The van der Waals surface area contributed by atoms with Crippen LogP contribution in [0.1, 0.15) is 47.9 Å². The minimum atomic E-state index is -0.377. The maximum atomic E-state index is 13.0. The third-order valence-corrected chi connectivity index (χ3v) is 5.95. The van der Waals surface area contributed by atoms with Gasteiger partial charge in [-0.15, -0.1) is 0 Å². The van der Waals surface area contributed by atoms with Crippen LogP contribution in [-0.2, 0) is 0 Å². The molecular weight excluding hydrogens is 412 g/mol. The normalized spacial score (nSPS) is 23.9. The van der Waals surface area contributed by atoms with Gasteiger partial charge in [-0.2, -0.15) is 5.10 Å². The van der Waals surface area contributed by atoms with Crippen molar-refractivity contribution in [2.24, 2.45) is 0 Å². The van der Waals surface area contributed by atoms with Gasteiger partial charge in [-0.05, 0) is 25.7 Å². The van der Waals surface area contributed by atoms with Crippen LogP contribution in [0.5, 0.6) is 0 Å². The Labute approximate surface area is 184 Å². The predicted molar refractivity (Wildman–Crippen MR) is 112 cm³/mol. The Morgan fingerprint density at radius 3 is 2.81 bits per heavy atom. The second kappa shape index (κ2) is 8.52. The van der Waals surface area contributed by atoms with Crippen LogP contribution in [0, 0.1) is 0 Å². The van der Waals surface area contributed by atoms with Crippen molar-refractivity contribution in [3.63, 3.8) is 0 Å². The van der Waals surface area contributed by atoms with Gasteiger partial charge in [0.1, 0.15) is 12.3 Å². The smallest absolute Gasteiger partial charge is 0.277 e. The molecule has 0 aromatic carbocycles. The number of hydrazine groups is 1. The van der Waals surface area contributed by atoms with Crippen LogP contribution >= 0.6 is 0 Å². The molecule has 5 rings (SSSR count). The highest BCUT2D eigenvalue weighted by Crippen LogP contribution is 2.36. The molecule has 1 atom stereocenters. The fourth-order valence-electron chi connectivity index (χ4n) is 4.30. The average molecular weight is 436 g/mol. The quantitative estimate of drug-likeness (QED) is 0.545. The number of aliphatic hydroxyl groups is 1. The zero-order valence-corrected chi connectivity index (χ0v) is 17.5. The topological polar surface area (TPSA) is 136 Å². The molecule has 1 unspecified atom stereocenters. The van der Waals surface area contributed by atoms with Gasteiger partial charge in [0.05, 0.1) is 35.5 Å². The summed E-state index contributed by atoms with van der Waals surface area (Å²) in [6.07, 6.45) is 14.5. The molecule has 1 amide bonds. The highest BCUT2D eigenvalue weighted by molar-refractivity contribution is 5.93. The molecule has 166 valence electrons. The van der Waals surface area contributed by atoms with Crippen LogP contribution in [0.4, 0.5) is 0 Å². The molecule has 4 heterocycles. The van der Waals surface area contributed by atoms with E-state index in [-0.39, 0.29) is 29.8 Å². The molecule has 0 bridgehead atoms. The van der Waals surface area contributed by atoms with Gasteiger partial charge < -0.3 is 19.8 Å². The number of carbonyl (C=O) groups is 1. The standard InChI is InChI=1S/C21H24N8O3/c1-28-19(16-10-22-6-7-23-16)17(11-29(28)14-2-4-15(30)5-3-14)26-20(31)18-12-32-21(27-18)13-8-24-25-9-13/h6-12,14-15,19,30H,2-5H2,1H3,(H,24,25)(H,26,31). The first-order valence-corrected chi connectivity index (χ1v) is 10.5. The Hall–Kier alpha value is -3.57. The fourth-order valence-corrected chi connectivity index (χ4v) is 4.30. The lowest BCUT2D eigenvalue weighted by atomic mass is 9.93. The van der Waals surface area contributed by atoms with E-state index in [2.05, 4.69) is 40.5 Å². The first-order chi connectivity index (χ1) is 15.6. The summed E-state index contributed by atoms with van der Waals surface area (Å²) >= 11 is 0. The van der Waals surface area contributed by atoms with Crippen molar-refractivity contribution in [2.75, 3.05) is 7.05 Å². The number of carbonyl (C=O) groups excluding carboxylic acids is 1. The van der Waals surface area contributed by atoms with E-state index in [4.69, 9.17) is 4.42 Å². The van der Waals surface area contributed by atoms with Gasteiger partial charge >= 0.3 is 0 Å². The summed E-state index contributed by atoms with van der Waals surface area (Å²) < 4.78 is 5.44. The highest BCUT2D eigenvalue weighted by Gasteiger charge is 2.38. The number of nitrogens with one attached hydrogen (secondary N) is 2. The molecular formula is C21H24N8O3. The van der Waals surface area contributed by atoms with Crippen molar-refractivity contribution in [3.8, 4) is 11.5 Å². The molecule has 0 spiro atoms. The molecule has 3 aromatic rings. The summed E-state index contributed by atoms with van der Waals surface area (Å²) in [5, 5.41) is 23.6. The summed E-state index contributed by atoms with van der Waals surface area (Å²) in [4.78, 5) is 25.9. The van der Waals surface area contributed by atoms with Gasteiger partial charge in [-0.25, -0.2) is 9.99 Å². The predicted octanol–water partition coefficient (Wildman–Crippen LogP) is 1.63. The Balaban J connectivity index is 1.40. The second-order valence-electron chi connectivity index (χ2n) is 8.01. The van der Waals surface area contributed by atoms with Crippen LogP contribution in [-0.4, -0.2) is 65.4 Å². The third-order valence-electron chi connectivity index (χ3n) is 5.95. The molecule has 11 nitrogen and oxygen atoms in total. The van der Waals surface area contributed by atoms with E-state index in [1.807, 2.05) is 13.2 Å². The Morgan fingerprint density at radius 1 is 1.25 bits per heavy atom. The Bertz CT molecular complexity index is 1090. The van der Waals surface area contributed by atoms with E-state index >= 15 is 0 Å². The second-order valence-corrected chi connectivity index (χ2v) is 8.01. The average Bonchev–Trinajstić information content (AvgIpc) is 3.55. The molecule has 1 fully saturated rings. The molecule has 2 aliphatic rings. The van der Waals surface area contributed by atoms with Crippen molar-refractivity contribution in [2.45, 2.75) is 43.9 Å². The van der Waals surface area contributed by atoms with Crippen LogP contribution in [0.2, 0.25) is 0 Å². The van der Waals surface area contributed by atoms with Crippen molar-refractivity contribution in [1.29, 1.82) is 0 Å². The minimum Gasteiger partial charge on any atom is -0.444 e. The van der Waals surface area contributed by atoms with Crippen LogP contribution < -0.4 is 5.32 Å². The van der Waals surface area contributed by atoms with Crippen molar-refractivity contribution in [3.05, 3.63) is 60.5 Å². The molecule has 1 saturated carbocycles. The number of rotatable bonds is 5. The Kier molecular flexibility index (Phi) is 5.41. The zero-order chi connectivity index (χ0) is 22.1. The first-order valence-electron chi connectivity index (χ1n) is 10.5. The van der Waals surface area contributed by atoms with Gasteiger partial charge in [-0.1, -0.05) is 0 Å². The van der Waals surface area contributed by atoms with E-state index in [1.165, 1.54) is 6.26 Å². The summed E-state index contributed by atoms with van der Waals surface area (Å²) in [6, 6.07) is -0.0727. The number of oxazole rings is 1. The summed E-state index contributed by atoms with van der Waals surface area (Å²) in [5.41, 5.74) is 2.23. The number of likely N-dealkylation sites (N-methyl/N-ethyl adjacent to an activating group) is 1. The maximum Gasteiger partial charge on any atom is 0.277 e. The SMILES string of the molecule is CN1C(c2cnccn2)C(NC(=O)c2coc(-c3cn[nH]c3)n2)=CN1C1CCC(O)CC1. The maximum absolute atomic E-state index is 13.0. The Morgan fingerprint density at radius 2 is 2.09 bits per heavy atom. The molecule has 32 heavy (non-hydrogen) atoms. The number of amides is 1. The lowest BCUT2D eigenvalue weighted by molar-refractivity contribution is -0.0247. The molecule has 0 saturated heterocycles. The van der Waals surface area contributed by atoms with E-state index in [1.54, 1.807) is 31.0 Å². The monoisotopic (exact) mass is 436 g/mol. The highest BCUT2D eigenvalue weighted by atomic mass is 16.3. The number of aromatic amines is 1. The summed E-state index contributed by atoms with van der Waals surface area (Å²) in [6.45, 7) is 0. The largest absolute Gasteiger partial charge is 0.444 e. The fraction of sp³-hybridized carbons (Fsp3) is 0.381. The van der Waals surface area contributed by atoms with E-state index in [0.29, 0.717) is 17.2 Å². The third kappa shape index (κ3) is 3.87. The van der Waals surface area contributed by atoms with Gasteiger partial charge in [0, 0.05) is 37.9 Å². The van der Waals surface area contributed by atoms with Gasteiger partial charge in [0.15, 0.2) is 5.69 Å². The van der Waals surface area contributed by atoms with E-state index in [9.17, 15) is 9.90 Å². The number of hydrogen-bond donors (Lipinski definition) is 3. The number of aromatic nitrogens is 5. The molecule has 11 heteroatoms.